The lowest BCUT2D eigenvalue weighted by Crippen LogP contribution is -2.30. The second-order valence-electron chi connectivity index (χ2n) is 4.84. The topological polar surface area (TPSA) is 89.8 Å². The number of sulfonamides is 1. The van der Waals surface area contributed by atoms with Gasteiger partial charge >= 0.3 is 5.69 Å². The summed E-state index contributed by atoms with van der Waals surface area (Å²) >= 11 is 0. The third-order valence-corrected chi connectivity index (χ3v) is 5.51. The Labute approximate surface area is 121 Å². The molecule has 9 heteroatoms. The Morgan fingerprint density at radius 1 is 1.48 bits per heavy atom. The maximum atomic E-state index is 13.5. The van der Waals surface area contributed by atoms with Crippen molar-refractivity contribution in [3.63, 3.8) is 0 Å². The summed E-state index contributed by atoms with van der Waals surface area (Å²) in [6.07, 6.45) is 0.355. The van der Waals surface area contributed by atoms with Crippen LogP contribution in [0.5, 0.6) is 0 Å². The van der Waals surface area contributed by atoms with Gasteiger partial charge in [0.2, 0.25) is 15.8 Å². The number of aryl methyl sites for hydroxylation is 1. The molecule has 0 amide bonds. The molecule has 0 saturated carbocycles. The van der Waals surface area contributed by atoms with Gasteiger partial charge in [0.1, 0.15) is 0 Å². The lowest BCUT2D eigenvalue weighted by atomic mass is 10.2. The predicted molar refractivity (Wildman–Crippen MR) is 72.0 cm³/mol. The third kappa shape index (κ3) is 2.89. The Hall–Kier alpha value is -1.58. The molecule has 0 bridgehead atoms. The Kier molecular flexibility index (Phi) is 4.26. The van der Waals surface area contributed by atoms with Crippen molar-refractivity contribution in [2.75, 3.05) is 20.2 Å². The third-order valence-electron chi connectivity index (χ3n) is 3.50. The first-order valence-corrected chi connectivity index (χ1v) is 7.69. The first-order chi connectivity index (χ1) is 9.77. The highest BCUT2D eigenvalue weighted by molar-refractivity contribution is 7.89. The quantitative estimate of drug-likeness (QED) is 0.619. The fourth-order valence-corrected chi connectivity index (χ4v) is 4.02. The van der Waals surface area contributed by atoms with Gasteiger partial charge in [-0.1, -0.05) is 0 Å². The summed E-state index contributed by atoms with van der Waals surface area (Å²) in [7, 11) is -2.41. The van der Waals surface area contributed by atoms with Gasteiger partial charge in [0, 0.05) is 26.3 Å². The molecule has 0 radical (unpaired) electrons. The molecule has 21 heavy (non-hydrogen) atoms. The summed E-state index contributed by atoms with van der Waals surface area (Å²) in [6.45, 7) is 1.86. The highest BCUT2D eigenvalue weighted by Crippen LogP contribution is 2.29. The van der Waals surface area contributed by atoms with E-state index >= 15 is 0 Å². The summed E-state index contributed by atoms with van der Waals surface area (Å²) in [5.41, 5.74) is -0.708. The molecule has 0 spiro atoms. The minimum atomic E-state index is -3.90. The molecule has 1 aromatic rings. The number of methoxy groups -OCH3 is 1. The minimum Gasteiger partial charge on any atom is -0.380 e. The number of rotatable bonds is 4. The molecule has 1 unspecified atom stereocenters. The molecule has 1 aromatic carbocycles. The van der Waals surface area contributed by atoms with Crippen molar-refractivity contribution in [2.45, 2.75) is 24.3 Å². The van der Waals surface area contributed by atoms with Crippen LogP contribution in [0.25, 0.3) is 0 Å². The van der Waals surface area contributed by atoms with E-state index in [1.807, 2.05) is 0 Å². The smallest absolute Gasteiger partial charge is 0.306 e. The standard InChI is InChI=1S/C12H15FN2O5S/c1-8-5-10(13)11(15(16)17)6-12(8)21(18,19)14-4-3-9(7-14)20-2/h5-6,9H,3-4,7H2,1-2H3. The largest absolute Gasteiger partial charge is 0.380 e. The number of hydrogen-bond donors (Lipinski definition) is 0. The van der Waals surface area contributed by atoms with Gasteiger partial charge in [-0.15, -0.1) is 0 Å². The molecule has 1 atom stereocenters. The van der Waals surface area contributed by atoms with Gasteiger partial charge in [0.25, 0.3) is 0 Å². The summed E-state index contributed by atoms with van der Waals surface area (Å²) in [4.78, 5) is 9.59. The predicted octanol–water partition coefficient (Wildman–Crippen LogP) is 1.45. The van der Waals surface area contributed by atoms with Gasteiger partial charge in [0.05, 0.1) is 15.9 Å². The van der Waals surface area contributed by atoms with Crippen LogP contribution >= 0.6 is 0 Å². The molecule has 7 nitrogen and oxygen atoms in total. The van der Waals surface area contributed by atoms with Crippen LogP contribution < -0.4 is 0 Å². The number of ether oxygens (including phenoxy) is 1. The van der Waals surface area contributed by atoms with Gasteiger partial charge in [-0.2, -0.15) is 8.70 Å². The molecule has 2 rings (SSSR count). The monoisotopic (exact) mass is 318 g/mol. The first kappa shape index (κ1) is 15.8. The van der Waals surface area contributed by atoms with E-state index in [9.17, 15) is 22.9 Å². The van der Waals surface area contributed by atoms with Gasteiger partial charge in [-0.05, 0) is 25.0 Å². The highest BCUT2D eigenvalue weighted by Gasteiger charge is 2.35. The molecule has 1 aliphatic heterocycles. The number of benzene rings is 1. The van der Waals surface area contributed by atoms with Crippen LogP contribution in [0.3, 0.4) is 0 Å². The average Bonchev–Trinajstić information content (AvgIpc) is 2.87. The van der Waals surface area contributed by atoms with Gasteiger partial charge in [0.15, 0.2) is 0 Å². The minimum absolute atomic E-state index is 0.138. The molecule has 0 aromatic heterocycles. The molecule has 1 saturated heterocycles. The Bertz CT molecular complexity index is 676. The van der Waals surface area contributed by atoms with Crippen molar-refractivity contribution in [3.8, 4) is 0 Å². The van der Waals surface area contributed by atoms with Crippen molar-refractivity contribution in [1.29, 1.82) is 0 Å². The maximum absolute atomic E-state index is 13.5. The van der Waals surface area contributed by atoms with Crippen molar-refractivity contribution in [2.24, 2.45) is 0 Å². The zero-order valence-corrected chi connectivity index (χ0v) is 12.4. The Morgan fingerprint density at radius 2 is 2.14 bits per heavy atom. The number of nitro benzene ring substituents is 1. The van der Waals surface area contributed by atoms with Crippen LogP contribution in [0.1, 0.15) is 12.0 Å². The van der Waals surface area contributed by atoms with Crippen molar-refractivity contribution in [1.82, 2.24) is 4.31 Å². The van der Waals surface area contributed by atoms with E-state index in [1.54, 1.807) is 0 Å². The molecule has 116 valence electrons. The normalized spacial score (nSPS) is 19.9. The summed E-state index contributed by atoms with van der Waals surface area (Å²) < 4.78 is 44.9. The average molecular weight is 318 g/mol. The lowest BCUT2D eigenvalue weighted by molar-refractivity contribution is -0.387. The number of halogens is 1. The summed E-state index contributed by atoms with van der Waals surface area (Å²) in [6, 6.07) is 1.65. The molecule has 0 N–H and O–H groups in total. The fraction of sp³-hybridized carbons (Fsp3) is 0.500. The molecular formula is C12H15FN2O5S. The highest BCUT2D eigenvalue weighted by atomic mass is 32.2. The van der Waals surface area contributed by atoms with Crippen molar-refractivity contribution in [3.05, 3.63) is 33.6 Å². The number of nitrogens with zero attached hydrogens (tertiary/aromatic N) is 2. The van der Waals surface area contributed by atoms with Gasteiger partial charge < -0.3 is 4.74 Å². The molecular weight excluding hydrogens is 303 g/mol. The maximum Gasteiger partial charge on any atom is 0.306 e. The zero-order valence-electron chi connectivity index (χ0n) is 11.6. The van der Waals surface area contributed by atoms with E-state index in [4.69, 9.17) is 4.74 Å². The zero-order chi connectivity index (χ0) is 15.8. The van der Waals surface area contributed by atoms with Gasteiger partial charge in [-0.25, -0.2) is 8.42 Å². The second kappa shape index (κ2) is 5.66. The molecule has 1 fully saturated rings. The molecule has 1 heterocycles. The van der Waals surface area contributed by atoms with Crippen molar-refractivity contribution >= 4 is 15.7 Å². The van der Waals surface area contributed by atoms with Crippen LogP contribution in [-0.4, -0.2) is 43.9 Å². The SMILES string of the molecule is COC1CCN(S(=O)(=O)c2cc([N+](=O)[O-])c(F)cc2C)C1. The van der Waals surface area contributed by atoms with Crippen LogP contribution in [0.15, 0.2) is 17.0 Å². The molecule has 1 aliphatic rings. The van der Waals surface area contributed by atoms with Crippen LogP contribution in [-0.2, 0) is 14.8 Å². The number of hydrogen-bond acceptors (Lipinski definition) is 5. The van der Waals surface area contributed by atoms with E-state index < -0.39 is 26.5 Å². The first-order valence-electron chi connectivity index (χ1n) is 6.25. The number of nitro groups is 1. The second-order valence-corrected chi connectivity index (χ2v) is 6.74. The lowest BCUT2D eigenvalue weighted by Gasteiger charge is -2.17. The Balaban J connectivity index is 2.45. The van der Waals surface area contributed by atoms with E-state index in [1.165, 1.54) is 18.3 Å². The molecule has 0 aliphatic carbocycles. The van der Waals surface area contributed by atoms with E-state index in [0.717, 1.165) is 12.1 Å². The van der Waals surface area contributed by atoms with Crippen LogP contribution in [0.4, 0.5) is 10.1 Å². The van der Waals surface area contributed by atoms with E-state index in [0.29, 0.717) is 6.42 Å². The van der Waals surface area contributed by atoms with E-state index in [-0.39, 0.29) is 29.7 Å². The Morgan fingerprint density at radius 3 is 2.67 bits per heavy atom. The summed E-state index contributed by atoms with van der Waals surface area (Å²) in [5.74, 6) is -1.05. The fourth-order valence-electron chi connectivity index (χ4n) is 2.31. The summed E-state index contributed by atoms with van der Waals surface area (Å²) in [5, 5.41) is 10.8. The van der Waals surface area contributed by atoms with Crippen molar-refractivity contribution < 1.29 is 22.5 Å². The van der Waals surface area contributed by atoms with Crippen LogP contribution in [0.2, 0.25) is 0 Å². The van der Waals surface area contributed by atoms with Crippen LogP contribution in [0, 0.1) is 22.9 Å². The van der Waals surface area contributed by atoms with Gasteiger partial charge in [-0.3, -0.25) is 10.1 Å². The van der Waals surface area contributed by atoms with E-state index in [2.05, 4.69) is 0 Å².